The van der Waals surface area contributed by atoms with Crippen LogP contribution in [0.1, 0.15) is 46.0 Å². The lowest BCUT2D eigenvalue weighted by atomic mass is 10.0. The van der Waals surface area contributed by atoms with Crippen LogP contribution in [0.3, 0.4) is 0 Å². The van der Waals surface area contributed by atoms with Gasteiger partial charge in [0.05, 0.1) is 6.20 Å². The Bertz CT molecular complexity index is 536. The molecule has 0 radical (unpaired) electrons. The first-order valence-corrected chi connectivity index (χ1v) is 9.28. The molecule has 0 N–H and O–H groups in total. The molecule has 21 heavy (non-hydrogen) atoms. The SMILES string of the molecule is CC(C)[C@H](C[n+]1cc2ccccn2c1)SC1CCCCC1. The number of hydrogen-bond acceptors (Lipinski definition) is 1. The second-order valence-corrected chi connectivity index (χ2v) is 8.20. The molecule has 0 bridgehead atoms. The molecule has 3 rings (SSSR count). The Balaban J connectivity index is 1.68. The highest BCUT2D eigenvalue weighted by atomic mass is 32.2. The zero-order chi connectivity index (χ0) is 14.7. The summed E-state index contributed by atoms with van der Waals surface area (Å²) in [5.74, 6) is 0.729. The summed E-state index contributed by atoms with van der Waals surface area (Å²) in [5.41, 5.74) is 1.28. The largest absolute Gasteiger partial charge is 0.249 e. The zero-order valence-electron chi connectivity index (χ0n) is 13.2. The smallest absolute Gasteiger partial charge is 0.235 e. The van der Waals surface area contributed by atoms with Crippen molar-refractivity contribution in [3.8, 4) is 0 Å². The second-order valence-electron chi connectivity index (χ2n) is 6.65. The highest BCUT2D eigenvalue weighted by molar-refractivity contribution is 8.00. The van der Waals surface area contributed by atoms with Crippen molar-refractivity contribution < 1.29 is 4.57 Å². The second kappa shape index (κ2) is 6.87. The van der Waals surface area contributed by atoms with Gasteiger partial charge in [0.15, 0.2) is 5.52 Å². The van der Waals surface area contributed by atoms with Crippen LogP contribution in [0.5, 0.6) is 0 Å². The predicted molar refractivity (Wildman–Crippen MR) is 90.7 cm³/mol. The normalized spacial score (nSPS) is 18.4. The monoisotopic (exact) mass is 303 g/mol. The fraction of sp³-hybridized carbons (Fsp3) is 0.611. The van der Waals surface area contributed by atoms with Gasteiger partial charge in [-0.2, -0.15) is 11.8 Å². The maximum Gasteiger partial charge on any atom is 0.249 e. The minimum Gasteiger partial charge on any atom is -0.235 e. The molecule has 1 aliphatic rings. The van der Waals surface area contributed by atoms with Gasteiger partial charge in [-0.1, -0.05) is 39.2 Å². The molecule has 2 aromatic heterocycles. The van der Waals surface area contributed by atoms with Crippen molar-refractivity contribution in [1.82, 2.24) is 4.40 Å². The summed E-state index contributed by atoms with van der Waals surface area (Å²) in [6.45, 7) is 5.87. The van der Waals surface area contributed by atoms with Gasteiger partial charge in [-0.3, -0.25) is 0 Å². The van der Waals surface area contributed by atoms with Crippen LogP contribution in [0.4, 0.5) is 0 Å². The number of fused-ring (bicyclic) bond motifs is 1. The molecule has 2 heterocycles. The first kappa shape index (κ1) is 15.0. The molecule has 0 aliphatic heterocycles. The molecule has 0 saturated heterocycles. The maximum absolute atomic E-state index is 2.37. The van der Waals surface area contributed by atoms with Crippen LogP contribution in [-0.2, 0) is 6.54 Å². The molecule has 2 nitrogen and oxygen atoms in total. The predicted octanol–water partition coefficient (Wildman–Crippen LogP) is 4.32. The topological polar surface area (TPSA) is 8.29 Å². The molecule has 114 valence electrons. The van der Waals surface area contributed by atoms with Gasteiger partial charge >= 0.3 is 0 Å². The Hall–Kier alpha value is -0.960. The third-order valence-corrected chi connectivity index (χ3v) is 6.45. The number of rotatable bonds is 5. The van der Waals surface area contributed by atoms with Crippen molar-refractivity contribution in [3.63, 3.8) is 0 Å². The molecule has 1 saturated carbocycles. The van der Waals surface area contributed by atoms with Crippen LogP contribution in [0.15, 0.2) is 36.9 Å². The molecule has 0 spiro atoms. The Morgan fingerprint density at radius 1 is 1.24 bits per heavy atom. The number of thioether (sulfide) groups is 1. The van der Waals surface area contributed by atoms with Crippen molar-refractivity contribution in [2.45, 2.75) is 63.0 Å². The third kappa shape index (κ3) is 3.82. The first-order valence-electron chi connectivity index (χ1n) is 8.33. The van der Waals surface area contributed by atoms with Gasteiger partial charge < -0.3 is 0 Å². The van der Waals surface area contributed by atoms with Crippen molar-refractivity contribution in [2.24, 2.45) is 5.92 Å². The molecule has 1 atom stereocenters. The van der Waals surface area contributed by atoms with Gasteiger partial charge in [0.1, 0.15) is 12.7 Å². The van der Waals surface area contributed by atoms with Crippen molar-refractivity contribution in [2.75, 3.05) is 0 Å². The van der Waals surface area contributed by atoms with E-state index in [1.807, 2.05) is 0 Å². The zero-order valence-corrected chi connectivity index (χ0v) is 14.1. The molecule has 3 heteroatoms. The lowest BCUT2D eigenvalue weighted by Crippen LogP contribution is -2.39. The van der Waals surface area contributed by atoms with Crippen LogP contribution in [0.25, 0.3) is 5.52 Å². The van der Waals surface area contributed by atoms with E-state index in [0.717, 1.165) is 23.0 Å². The van der Waals surface area contributed by atoms with Crippen LogP contribution >= 0.6 is 11.8 Å². The number of hydrogen-bond donors (Lipinski definition) is 0. The average Bonchev–Trinajstić information content (AvgIpc) is 2.90. The van der Waals surface area contributed by atoms with Crippen molar-refractivity contribution in [3.05, 3.63) is 36.9 Å². The molecular weight excluding hydrogens is 276 g/mol. The summed E-state index contributed by atoms with van der Waals surface area (Å²) >= 11 is 2.25. The van der Waals surface area contributed by atoms with Crippen LogP contribution in [0, 0.1) is 5.92 Å². The molecule has 1 fully saturated rings. The first-order chi connectivity index (χ1) is 10.2. The van der Waals surface area contributed by atoms with E-state index in [4.69, 9.17) is 0 Å². The fourth-order valence-electron chi connectivity index (χ4n) is 3.21. The summed E-state index contributed by atoms with van der Waals surface area (Å²) in [6, 6.07) is 6.37. The highest BCUT2D eigenvalue weighted by Gasteiger charge is 2.24. The van der Waals surface area contributed by atoms with E-state index in [2.05, 4.69) is 71.5 Å². The van der Waals surface area contributed by atoms with E-state index < -0.39 is 0 Å². The number of nitrogens with zero attached hydrogens (tertiary/aromatic N) is 2. The summed E-state index contributed by atoms with van der Waals surface area (Å²) < 4.78 is 4.58. The minimum absolute atomic E-state index is 0.718. The summed E-state index contributed by atoms with van der Waals surface area (Å²) in [6.07, 6.45) is 13.8. The number of pyridine rings is 1. The van der Waals surface area contributed by atoms with Crippen LogP contribution in [0.2, 0.25) is 0 Å². The van der Waals surface area contributed by atoms with Gasteiger partial charge in [-0.15, -0.1) is 0 Å². The minimum atomic E-state index is 0.718. The molecule has 0 unspecified atom stereocenters. The standard InChI is InChI=1S/C18H27N2S/c1-15(2)18(21-17-9-4-3-5-10-17)13-19-12-16-8-6-7-11-20(16)14-19/h6-8,11-12,14-15,17-18H,3-5,9-10,13H2,1-2H3/q+1/t18-/m0/s1. The molecule has 0 amide bonds. The van der Waals surface area contributed by atoms with E-state index in [-0.39, 0.29) is 0 Å². The van der Waals surface area contributed by atoms with E-state index in [9.17, 15) is 0 Å². The lowest BCUT2D eigenvalue weighted by Gasteiger charge is -2.27. The van der Waals surface area contributed by atoms with E-state index in [0.29, 0.717) is 0 Å². The van der Waals surface area contributed by atoms with Crippen LogP contribution < -0.4 is 4.57 Å². The summed E-state index contributed by atoms with van der Waals surface area (Å²) in [5, 5.41) is 1.61. The van der Waals surface area contributed by atoms with Gasteiger partial charge in [0, 0.05) is 10.5 Å². The van der Waals surface area contributed by atoms with Gasteiger partial charge in [-0.05, 0) is 30.9 Å². The van der Waals surface area contributed by atoms with Gasteiger partial charge in [0.25, 0.3) is 0 Å². The van der Waals surface area contributed by atoms with Crippen LogP contribution in [-0.4, -0.2) is 14.9 Å². The Kier molecular flexibility index (Phi) is 4.89. The Labute approximate surface area is 132 Å². The Morgan fingerprint density at radius 3 is 2.76 bits per heavy atom. The maximum atomic E-state index is 2.37. The molecule has 0 aromatic carbocycles. The molecular formula is C18H27N2S+. The Morgan fingerprint density at radius 2 is 2.05 bits per heavy atom. The van der Waals surface area contributed by atoms with E-state index in [1.54, 1.807) is 0 Å². The molecule has 1 aliphatic carbocycles. The quantitative estimate of drug-likeness (QED) is 0.747. The van der Waals surface area contributed by atoms with E-state index in [1.165, 1.54) is 37.6 Å². The summed E-state index contributed by atoms with van der Waals surface area (Å²) in [7, 11) is 0. The third-order valence-electron chi connectivity index (χ3n) is 4.55. The van der Waals surface area contributed by atoms with Crippen molar-refractivity contribution in [1.29, 1.82) is 0 Å². The average molecular weight is 303 g/mol. The lowest BCUT2D eigenvalue weighted by molar-refractivity contribution is -0.695. The molecule has 2 aromatic rings. The highest BCUT2D eigenvalue weighted by Crippen LogP contribution is 2.33. The number of aromatic nitrogens is 2. The van der Waals surface area contributed by atoms with Gasteiger partial charge in [-0.25, -0.2) is 8.97 Å². The number of imidazole rings is 1. The van der Waals surface area contributed by atoms with Crippen molar-refractivity contribution >= 4 is 17.3 Å². The van der Waals surface area contributed by atoms with E-state index >= 15 is 0 Å². The summed E-state index contributed by atoms with van der Waals surface area (Å²) in [4.78, 5) is 0. The van der Waals surface area contributed by atoms with Gasteiger partial charge in [0.2, 0.25) is 6.33 Å². The fourth-order valence-corrected chi connectivity index (χ4v) is 4.89.